The van der Waals surface area contributed by atoms with E-state index in [9.17, 15) is 0 Å². The summed E-state index contributed by atoms with van der Waals surface area (Å²) < 4.78 is 10.6. The van der Waals surface area contributed by atoms with E-state index < -0.39 is 18.1 Å². The van der Waals surface area contributed by atoms with Crippen LogP contribution in [-0.4, -0.2) is 30.3 Å². The van der Waals surface area contributed by atoms with Crippen LogP contribution in [0, 0.1) is 0 Å². The van der Waals surface area contributed by atoms with Gasteiger partial charge in [0.1, 0.15) is 0 Å². The van der Waals surface area contributed by atoms with Crippen molar-refractivity contribution >= 4 is 18.1 Å². The van der Waals surface area contributed by atoms with Crippen molar-refractivity contribution in [1.29, 1.82) is 0 Å². The summed E-state index contributed by atoms with van der Waals surface area (Å²) in [6, 6.07) is 0. The fourth-order valence-corrected chi connectivity index (χ4v) is 1.62. The van der Waals surface area contributed by atoms with Crippen molar-refractivity contribution in [3.8, 4) is 0 Å². The Balaban J connectivity index is 2.91. The van der Waals surface area contributed by atoms with E-state index in [0.29, 0.717) is 12.2 Å². The Bertz CT molecular complexity index is 56.1. The van der Waals surface area contributed by atoms with Gasteiger partial charge in [0, 0.05) is 0 Å². The zero-order valence-electron chi connectivity index (χ0n) is 6.68. The predicted octanol–water partition coefficient (Wildman–Crippen LogP) is 1.10. The standard InChI is InChI=1S/2C3H7O.Ga.H/c2*1-3(2)4;;/h2*3H,1-2H3;;/q2*-1;+2;. The van der Waals surface area contributed by atoms with Gasteiger partial charge >= 0.3 is 65.1 Å². The van der Waals surface area contributed by atoms with Crippen molar-refractivity contribution in [2.75, 3.05) is 0 Å². The van der Waals surface area contributed by atoms with Crippen LogP contribution < -0.4 is 0 Å². The van der Waals surface area contributed by atoms with Crippen molar-refractivity contribution in [3.63, 3.8) is 0 Å². The Labute approximate surface area is 65.5 Å². The summed E-state index contributed by atoms with van der Waals surface area (Å²) >= 11 is -1.07. The minimum atomic E-state index is -1.07. The molecule has 0 bridgehead atoms. The first-order valence-electron chi connectivity index (χ1n) is 3.36. The van der Waals surface area contributed by atoms with Crippen molar-refractivity contribution in [2.45, 2.75) is 39.9 Å². The van der Waals surface area contributed by atoms with Crippen molar-refractivity contribution in [1.82, 2.24) is 0 Å². The summed E-state index contributed by atoms with van der Waals surface area (Å²) in [7, 11) is 0. The van der Waals surface area contributed by atoms with E-state index in [1.54, 1.807) is 0 Å². The molecule has 3 heteroatoms. The molecule has 0 aliphatic heterocycles. The van der Waals surface area contributed by atoms with E-state index in [1.165, 1.54) is 0 Å². The molecule has 0 fully saturated rings. The molecule has 54 valence electrons. The molecule has 9 heavy (non-hydrogen) atoms. The van der Waals surface area contributed by atoms with Gasteiger partial charge in [0.25, 0.3) is 0 Å². The maximum atomic E-state index is 5.32. The van der Waals surface area contributed by atoms with Gasteiger partial charge in [-0.25, -0.2) is 0 Å². The van der Waals surface area contributed by atoms with Gasteiger partial charge in [0.2, 0.25) is 0 Å². The van der Waals surface area contributed by atoms with Gasteiger partial charge in [-0.15, -0.1) is 0 Å². The third-order valence-corrected chi connectivity index (χ3v) is 4.17. The van der Waals surface area contributed by atoms with Crippen LogP contribution in [0.3, 0.4) is 0 Å². The fourth-order valence-electron chi connectivity index (χ4n) is 0.311. The number of hydrogen-bond donors (Lipinski definition) is 0. The molecule has 0 saturated carbocycles. The van der Waals surface area contributed by atoms with E-state index in [1.807, 2.05) is 27.7 Å². The normalized spacial score (nSPS) is 10.9. The summed E-state index contributed by atoms with van der Waals surface area (Å²) in [4.78, 5) is 0. The molecule has 2 nitrogen and oxygen atoms in total. The molecule has 0 aromatic heterocycles. The first-order chi connectivity index (χ1) is 4.13. The molecule has 0 aliphatic carbocycles. The molecule has 0 unspecified atom stereocenters. The van der Waals surface area contributed by atoms with E-state index >= 15 is 0 Å². The molecule has 0 saturated heterocycles. The average molecular weight is 189 g/mol. The molecule has 0 radical (unpaired) electrons. The molecular formula is C6H15GaO2. The summed E-state index contributed by atoms with van der Waals surface area (Å²) in [5.41, 5.74) is 0. The van der Waals surface area contributed by atoms with Crippen LogP contribution in [0.25, 0.3) is 0 Å². The van der Waals surface area contributed by atoms with Gasteiger partial charge in [-0.2, -0.15) is 0 Å². The van der Waals surface area contributed by atoms with Gasteiger partial charge in [-0.05, 0) is 0 Å². The summed E-state index contributed by atoms with van der Waals surface area (Å²) in [6.07, 6.45) is 0.701. The zero-order chi connectivity index (χ0) is 7.28. The molecule has 0 aliphatic rings. The van der Waals surface area contributed by atoms with Gasteiger partial charge in [-0.1, -0.05) is 0 Å². The molecule has 0 atom stereocenters. The topological polar surface area (TPSA) is 18.5 Å². The third kappa shape index (κ3) is 8.56. The predicted molar refractivity (Wildman–Crippen MR) is 39.6 cm³/mol. The quantitative estimate of drug-likeness (QED) is 0.616. The van der Waals surface area contributed by atoms with Crippen molar-refractivity contribution in [3.05, 3.63) is 0 Å². The summed E-state index contributed by atoms with van der Waals surface area (Å²) in [6.45, 7) is 8.15. The minimum absolute atomic E-state index is 0.351. The van der Waals surface area contributed by atoms with Crippen LogP contribution in [0.1, 0.15) is 27.7 Å². The Kier molecular flexibility index (Phi) is 5.68. The first kappa shape index (κ1) is 9.56. The van der Waals surface area contributed by atoms with Gasteiger partial charge in [0.15, 0.2) is 0 Å². The van der Waals surface area contributed by atoms with Crippen LogP contribution in [-0.2, 0) is 7.06 Å². The van der Waals surface area contributed by atoms with Crippen molar-refractivity contribution < 1.29 is 7.06 Å². The molecule has 0 rings (SSSR count). The van der Waals surface area contributed by atoms with Gasteiger partial charge in [0.05, 0.1) is 0 Å². The summed E-state index contributed by atoms with van der Waals surface area (Å²) in [5, 5.41) is 0. The molecular weight excluding hydrogens is 174 g/mol. The van der Waals surface area contributed by atoms with E-state index in [2.05, 4.69) is 0 Å². The molecule has 0 amide bonds. The zero-order valence-corrected chi connectivity index (χ0v) is 9.65. The Morgan fingerprint density at radius 2 is 1.22 bits per heavy atom. The molecule has 0 aromatic rings. The van der Waals surface area contributed by atoms with Crippen LogP contribution in [0.15, 0.2) is 0 Å². The molecule has 0 N–H and O–H groups in total. The van der Waals surface area contributed by atoms with Crippen LogP contribution in [0.5, 0.6) is 0 Å². The van der Waals surface area contributed by atoms with Crippen LogP contribution in [0.2, 0.25) is 0 Å². The van der Waals surface area contributed by atoms with E-state index in [-0.39, 0.29) is 0 Å². The fraction of sp³-hybridized carbons (Fsp3) is 1.00. The SMILES string of the molecule is CC(C)[O][GaH][O]C(C)C. The maximum absolute atomic E-state index is 5.32. The Morgan fingerprint density at radius 1 is 0.889 bits per heavy atom. The summed E-state index contributed by atoms with van der Waals surface area (Å²) in [5.74, 6) is 0. The second kappa shape index (κ2) is 5.35. The van der Waals surface area contributed by atoms with Crippen LogP contribution >= 0.6 is 0 Å². The molecule has 0 spiro atoms. The van der Waals surface area contributed by atoms with Crippen molar-refractivity contribution in [2.24, 2.45) is 0 Å². The number of rotatable bonds is 4. The molecule has 0 heterocycles. The first-order valence-corrected chi connectivity index (χ1v) is 5.78. The average Bonchev–Trinajstić information content (AvgIpc) is 1.63. The number of hydrogen-bond acceptors (Lipinski definition) is 2. The Hall–Kier alpha value is 0.556. The third-order valence-electron chi connectivity index (χ3n) is 0.803. The second-order valence-corrected chi connectivity index (χ2v) is 4.44. The van der Waals surface area contributed by atoms with E-state index in [0.717, 1.165) is 0 Å². The monoisotopic (exact) mass is 188 g/mol. The Morgan fingerprint density at radius 3 is 1.44 bits per heavy atom. The van der Waals surface area contributed by atoms with Gasteiger partial charge < -0.3 is 0 Å². The second-order valence-electron chi connectivity index (χ2n) is 2.55. The van der Waals surface area contributed by atoms with E-state index in [4.69, 9.17) is 7.06 Å². The van der Waals surface area contributed by atoms with Gasteiger partial charge in [-0.3, -0.25) is 0 Å². The molecule has 0 aromatic carbocycles. The van der Waals surface area contributed by atoms with Crippen LogP contribution in [0.4, 0.5) is 0 Å².